The van der Waals surface area contributed by atoms with Crippen LogP contribution in [0, 0.1) is 11.8 Å². The maximum Gasteiger partial charge on any atom is 0.0258 e. The molecule has 1 N–H and O–H groups in total. The fourth-order valence-corrected chi connectivity index (χ4v) is 2.31. The van der Waals surface area contributed by atoms with Gasteiger partial charge in [0.1, 0.15) is 0 Å². The quantitative estimate of drug-likeness (QED) is 0.726. The molecule has 2 heteroatoms. The van der Waals surface area contributed by atoms with E-state index in [-0.39, 0.29) is 0 Å². The van der Waals surface area contributed by atoms with Gasteiger partial charge in [-0.2, -0.15) is 0 Å². The number of nitrogens with zero attached hydrogens (tertiary/aromatic N) is 1. The predicted octanol–water partition coefficient (Wildman–Crippen LogP) is 1.96. The van der Waals surface area contributed by atoms with Crippen LogP contribution >= 0.6 is 0 Å². The molecule has 1 heterocycles. The first kappa shape index (κ1) is 12.0. The molecular weight excluding hydrogens is 172 g/mol. The van der Waals surface area contributed by atoms with Crippen LogP contribution in [0.4, 0.5) is 0 Å². The first-order chi connectivity index (χ1) is 6.69. The fourth-order valence-electron chi connectivity index (χ4n) is 2.31. The Labute approximate surface area is 89.1 Å². The molecule has 84 valence electrons. The standard InChI is InChI=1S/C12H26N2/c1-5-10(3)9-14(6-2)12-8-13-7-11(12)4/h10-13H,5-9H2,1-4H3. The van der Waals surface area contributed by atoms with Crippen molar-refractivity contribution in [3.63, 3.8) is 0 Å². The molecular formula is C12H26N2. The van der Waals surface area contributed by atoms with Crippen molar-refractivity contribution in [3.8, 4) is 0 Å². The normalized spacial score (nSPS) is 29.8. The summed E-state index contributed by atoms with van der Waals surface area (Å²) in [5.41, 5.74) is 0. The highest BCUT2D eigenvalue weighted by atomic mass is 15.2. The maximum absolute atomic E-state index is 3.49. The van der Waals surface area contributed by atoms with Crippen LogP contribution in [0.15, 0.2) is 0 Å². The molecule has 0 aromatic carbocycles. The average molecular weight is 198 g/mol. The molecule has 0 saturated carbocycles. The second-order valence-corrected chi connectivity index (χ2v) is 4.80. The third-order valence-electron chi connectivity index (χ3n) is 3.59. The SMILES string of the molecule is CCC(C)CN(CC)C1CNCC1C. The molecule has 0 radical (unpaired) electrons. The van der Waals surface area contributed by atoms with Gasteiger partial charge in [0.2, 0.25) is 0 Å². The lowest BCUT2D eigenvalue weighted by Gasteiger charge is -2.32. The van der Waals surface area contributed by atoms with Gasteiger partial charge in [0.05, 0.1) is 0 Å². The van der Waals surface area contributed by atoms with E-state index in [4.69, 9.17) is 0 Å². The molecule has 0 aromatic heterocycles. The summed E-state index contributed by atoms with van der Waals surface area (Å²) in [6.45, 7) is 14.1. The molecule has 1 aliphatic heterocycles. The van der Waals surface area contributed by atoms with Crippen molar-refractivity contribution in [3.05, 3.63) is 0 Å². The number of hydrogen-bond donors (Lipinski definition) is 1. The highest BCUT2D eigenvalue weighted by Gasteiger charge is 2.28. The minimum absolute atomic E-state index is 0.772. The van der Waals surface area contributed by atoms with Crippen LogP contribution in [0.1, 0.15) is 34.1 Å². The zero-order valence-electron chi connectivity index (χ0n) is 10.2. The number of nitrogens with one attached hydrogen (secondary N) is 1. The lowest BCUT2D eigenvalue weighted by molar-refractivity contribution is 0.162. The molecule has 3 atom stereocenters. The van der Waals surface area contributed by atoms with Crippen molar-refractivity contribution in [2.24, 2.45) is 11.8 Å². The van der Waals surface area contributed by atoms with E-state index < -0.39 is 0 Å². The Hall–Kier alpha value is -0.0800. The third-order valence-corrected chi connectivity index (χ3v) is 3.59. The van der Waals surface area contributed by atoms with Gasteiger partial charge >= 0.3 is 0 Å². The smallest absolute Gasteiger partial charge is 0.0258 e. The summed E-state index contributed by atoms with van der Waals surface area (Å²) in [4.78, 5) is 2.65. The predicted molar refractivity (Wildman–Crippen MR) is 62.5 cm³/mol. The van der Waals surface area contributed by atoms with E-state index in [9.17, 15) is 0 Å². The topological polar surface area (TPSA) is 15.3 Å². The van der Waals surface area contributed by atoms with Crippen LogP contribution in [0.2, 0.25) is 0 Å². The minimum atomic E-state index is 0.772. The summed E-state index contributed by atoms with van der Waals surface area (Å²) in [5, 5.41) is 3.49. The second kappa shape index (κ2) is 5.72. The second-order valence-electron chi connectivity index (χ2n) is 4.80. The monoisotopic (exact) mass is 198 g/mol. The molecule has 0 amide bonds. The van der Waals surface area contributed by atoms with Crippen LogP contribution in [0.5, 0.6) is 0 Å². The largest absolute Gasteiger partial charge is 0.315 e. The minimum Gasteiger partial charge on any atom is -0.315 e. The molecule has 0 bridgehead atoms. The van der Waals surface area contributed by atoms with Crippen molar-refractivity contribution in [2.75, 3.05) is 26.2 Å². The molecule has 0 aliphatic carbocycles. The molecule has 0 aromatic rings. The summed E-state index contributed by atoms with van der Waals surface area (Å²) in [6.07, 6.45) is 1.30. The van der Waals surface area contributed by atoms with Gasteiger partial charge in [-0.15, -0.1) is 0 Å². The van der Waals surface area contributed by atoms with Crippen LogP contribution in [-0.2, 0) is 0 Å². The number of rotatable bonds is 5. The van der Waals surface area contributed by atoms with Gasteiger partial charge < -0.3 is 5.32 Å². The van der Waals surface area contributed by atoms with E-state index in [2.05, 4.69) is 37.9 Å². The van der Waals surface area contributed by atoms with Crippen LogP contribution < -0.4 is 5.32 Å². The van der Waals surface area contributed by atoms with E-state index >= 15 is 0 Å². The van der Waals surface area contributed by atoms with Gasteiger partial charge in [0.25, 0.3) is 0 Å². The summed E-state index contributed by atoms with van der Waals surface area (Å²) < 4.78 is 0. The van der Waals surface area contributed by atoms with Crippen molar-refractivity contribution >= 4 is 0 Å². The summed E-state index contributed by atoms with van der Waals surface area (Å²) in [6, 6.07) is 0.772. The molecule has 1 rings (SSSR count). The van der Waals surface area contributed by atoms with Crippen molar-refractivity contribution in [1.29, 1.82) is 0 Å². The summed E-state index contributed by atoms with van der Waals surface area (Å²) in [7, 11) is 0. The van der Waals surface area contributed by atoms with E-state index in [0.29, 0.717) is 0 Å². The zero-order chi connectivity index (χ0) is 10.6. The van der Waals surface area contributed by atoms with Gasteiger partial charge in [-0.25, -0.2) is 0 Å². The lowest BCUT2D eigenvalue weighted by atomic mass is 10.0. The van der Waals surface area contributed by atoms with E-state index in [1.54, 1.807) is 0 Å². The van der Waals surface area contributed by atoms with Gasteiger partial charge in [-0.1, -0.05) is 34.1 Å². The summed E-state index contributed by atoms with van der Waals surface area (Å²) in [5.74, 6) is 1.65. The van der Waals surface area contributed by atoms with Gasteiger partial charge in [0.15, 0.2) is 0 Å². The molecule has 1 saturated heterocycles. The molecule has 14 heavy (non-hydrogen) atoms. The Morgan fingerprint density at radius 2 is 2.07 bits per heavy atom. The van der Waals surface area contributed by atoms with E-state index in [0.717, 1.165) is 17.9 Å². The van der Waals surface area contributed by atoms with Gasteiger partial charge in [-0.3, -0.25) is 4.90 Å². The van der Waals surface area contributed by atoms with Crippen LogP contribution in [0.3, 0.4) is 0 Å². The molecule has 0 spiro atoms. The Morgan fingerprint density at radius 1 is 1.36 bits per heavy atom. The van der Waals surface area contributed by atoms with Crippen molar-refractivity contribution in [1.82, 2.24) is 10.2 Å². The third kappa shape index (κ3) is 2.96. The van der Waals surface area contributed by atoms with E-state index in [1.807, 2.05) is 0 Å². The lowest BCUT2D eigenvalue weighted by Crippen LogP contribution is -2.42. The zero-order valence-corrected chi connectivity index (χ0v) is 10.2. The van der Waals surface area contributed by atoms with Crippen LogP contribution in [0.25, 0.3) is 0 Å². The Kier molecular flexibility index (Phi) is 4.90. The first-order valence-electron chi connectivity index (χ1n) is 6.13. The fraction of sp³-hybridized carbons (Fsp3) is 1.00. The van der Waals surface area contributed by atoms with Crippen LogP contribution in [-0.4, -0.2) is 37.1 Å². The molecule has 1 fully saturated rings. The Balaban J connectivity index is 2.44. The van der Waals surface area contributed by atoms with E-state index in [1.165, 1.54) is 32.6 Å². The van der Waals surface area contributed by atoms with Crippen molar-refractivity contribution < 1.29 is 0 Å². The Morgan fingerprint density at radius 3 is 2.50 bits per heavy atom. The van der Waals surface area contributed by atoms with Crippen molar-refractivity contribution in [2.45, 2.75) is 40.2 Å². The first-order valence-corrected chi connectivity index (χ1v) is 6.13. The highest BCUT2D eigenvalue weighted by molar-refractivity contribution is 4.86. The number of hydrogen-bond acceptors (Lipinski definition) is 2. The molecule has 1 aliphatic rings. The van der Waals surface area contributed by atoms with Gasteiger partial charge in [-0.05, 0) is 24.9 Å². The molecule has 2 nitrogen and oxygen atoms in total. The summed E-state index contributed by atoms with van der Waals surface area (Å²) >= 11 is 0. The average Bonchev–Trinajstić information content (AvgIpc) is 2.60. The maximum atomic E-state index is 3.49. The number of likely N-dealkylation sites (N-methyl/N-ethyl adjacent to an activating group) is 1. The Bertz CT molecular complexity index is 158. The molecule has 3 unspecified atom stereocenters. The van der Waals surface area contributed by atoms with Gasteiger partial charge in [0, 0.05) is 19.1 Å². The highest BCUT2D eigenvalue weighted by Crippen LogP contribution is 2.17.